The van der Waals surface area contributed by atoms with Crippen molar-refractivity contribution in [2.75, 3.05) is 13.2 Å². The minimum Gasteiger partial charge on any atom is -0.486 e. The predicted octanol–water partition coefficient (Wildman–Crippen LogP) is 2.33. The minimum atomic E-state index is -0.802. The largest absolute Gasteiger partial charge is 0.486 e. The molecular formula is C14H13NO3. The highest BCUT2D eigenvalue weighted by atomic mass is 16.6. The molecule has 0 amide bonds. The van der Waals surface area contributed by atoms with Crippen molar-refractivity contribution >= 4 is 5.78 Å². The van der Waals surface area contributed by atoms with E-state index in [0.29, 0.717) is 43.1 Å². The lowest BCUT2D eigenvalue weighted by Crippen LogP contribution is -2.36. The van der Waals surface area contributed by atoms with Crippen molar-refractivity contribution < 1.29 is 14.3 Å². The van der Waals surface area contributed by atoms with Gasteiger partial charge in [0.25, 0.3) is 0 Å². The Balaban J connectivity index is 1.93. The first-order valence-electron chi connectivity index (χ1n) is 6.11. The van der Waals surface area contributed by atoms with Crippen LogP contribution in [-0.2, 0) is 0 Å². The van der Waals surface area contributed by atoms with E-state index in [2.05, 4.69) is 6.07 Å². The molecule has 0 atom stereocenters. The van der Waals surface area contributed by atoms with Crippen LogP contribution in [0.1, 0.15) is 29.6 Å². The Morgan fingerprint density at radius 2 is 1.94 bits per heavy atom. The first kappa shape index (κ1) is 11.1. The number of ketones is 1. The van der Waals surface area contributed by atoms with Crippen LogP contribution in [-0.4, -0.2) is 19.0 Å². The molecule has 0 N–H and O–H groups in total. The summed E-state index contributed by atoms with van der Waals surface area (Å²) < 4.78 is 10.9. The number of hydrogen-bond acceptors (Lipinski definition) is 4. The lowest BCUT2D eigenvalue weighted by atomic mass is 9.65. The van der Waals surface area contributed by atoms with Crippen LogP contribution in [0.15, 0.2) is 18.2 Å². The molecule has 0 bridgehead atoms. The zero-order chi connectivity index (χ0) is 12.6. The standard InChI is InChI=1S/C14H13NO3/c15-9-14(4-1-5-14)13(16)10-2-3-11-12(8-10)18-7-6-17-11/h2-3,8H,1,4-7H2. The Labute approximate surface area is 105 Å². The molecule has 1 heterocycles. The summed E-state index contributed by atoms with van der Waals surface area (Å²) in [5.41, 5.74) is -0.260. The number of nitrogens with zero attached hydrogens (tertiary/aromatic N) is 1. The van der Waals surface area contributed by atoms with E-state index in [1.165, 1.54) is 0 Å². The Morgan fingerprint density at radius 1 is 1.22 bits per heavy atom. The normalized spacial score (nSPS) is 19.5. The number of ether oxygens (including phenoxy) is 2. The van der Waals surface area contributed by atoms with Gasteiger partial charge in [-0.2, -0.15) is 5.26 Å². The summed E-state index contributed by atoms with van der Waals surface area (Å²) in [6, 6.07) is 7.32. The summed E-state index contributed by atoms with van der Waals surface area (Å²) in [5, 5.41) is 9.18. The third-order valence-corrected chi connectivity index (χ3v) is 3.66. The van der Waals surface area contributed by atoms with Gasteiger partial charge < -0.3 is 9.47 Å². The van der Waals surface area contributed by atoms with Crippen molar-refractivity contribution in [2.45, 2.75) is 19.3 Å². The van der Waals surface area contributed by atoms with Gasteiger partial charge in [-0.05, 0) is 37.5 Å². The van der Waals surface area contributed by atoms with Gasteiger partial charge in [0.05, 0.1) is 6.07 Å². The summed E-state index contributed by atoms with van der Waals surface area (Å²) in [6.07, 6.45) is 2.28. The maximum Gasteiger partial charge on any atom is 0.183 e. The zero-order valence-electron chi connectivity index (χ0n) is 9.94. The molecule has 1 fully saturated rings. The summed E-state index contributed by atoms with van der Waals surface area (Å²) >= 11 is 0. The van der Waals surface area contributed by atoms with Crippen molar-refractivity contribution in [2.24, 2.45) is 5.41 Å². The fourth-order valence-electron chi connectivity index (χ4n) is 2.38. The molecule has 1 aliphatic heterocycles. The maximum atomic E-state index is 12.3. The molecule has 1 aromatic rings. The molecule has 4 nitrogen and oxygen atoms in total. The molecule has 3 rings (SSSR count). The molecule has 1 aliphatic carbocycles. The van der Waals surface area contributed by atoms with Gasteiger partial charge in [0.2, 0.25) is 0 Å². The smallest absolute Gasteiger partial charge is 0.183 e. The van der Waals surface area contributed by atoms with Crippen molar-refractivity contribution in [3.63, 3.8) is 0 Å². The summed E-state index contributed by atoms with van der Waals surface area (Å²) in [7, 11) is 0. The van der Waals surface area contributed by atoms with Gasteiger partial charge in [0.1, 0.15) is 18.6 Å². The summed E-state index contributed by atoms with van der Waals surface area (Å²) in [6.45, 7) is 1.02. The van der Waals surface area contributed by atoms with Gasteiger partial charge in [0, 0.05) is 5.56 Å². The van der Waals surface area contributed by atoms with Crippen LogP contribution in [0.5, 0.6) is 11.5 Å². The Morgan fingerprint density at radius 3 is 2.56 bits per heavy atom. The van der Waals surface area contributed by atoms with E-state index in [0.717, 1.165) is 6.42 Å². The van der Waals surface area contributed by atoms with Crippen molar-refractivity contribution in [3.05, 3.63) is 23.8 Å². The molecule has 4 heteroatoms. The third kappa shape index (κ3) is 1.55. The number of benzene rings is 1. The second kappa shape index (κ2) is 4.02. The zero-order valence-corrected chi connectivity index (χ0v) is 9.94. The molecule has 2 aliphatic rings. The highest BCUT2D eigenvalue weighted by molar-refractivity contribution is 6.03. The molecule has 92 valence electrons. The molecule has 0 aromatic heterocycles. The predicted molar refractivity (Wildman–Crippen MR) is 63.7 cm³/mol. The Hall–Kier alpha value is -2.02. The number of hydrogen-bond donors (Lipinski definition) is 0. The second-order valence-electron chi connectivity index (χ2n) is 4.74. The van der Waals surface area contributed by atoms with Crippen LogP contribution in [0.25, 0.3) is 0 Å². The lowest BCUT2D eigenvalue weighted by molar-refractivity contribution is 0.0747. The van der Waals surface area contributed by atoms with Crippen LogP contribution >= 0.6 is 0 Å². The SMILES string of the molecule is N#CC1(C(=O)c2ccc3c(c2)OCCO3)CCC1. The van der Waals surface area contributed by atoms with E-state index >= 15 is 0 Å². The van der Waals surface area contributed by atoms with Gasteiger partial charge >= 0.3 is 0 Å². The summed E-state index contributed by atoms with van der Waals surface area (Å²) in [4.78, 5) is 12.3. The number of Topliss-reactive ketones (excluding diaryl/α,β-unsaturated/α-hetero) is 1. The highest BCUT2D eigenvalue weighted by Gasteiger charge is 2.44. The highest BCUT2D eigenvalue weighted by Crippen LogP contribution is 2.44. The van der Waals surface area contributed by atoms with E-state index < -0.39 is 5.41 Å². The number of rotatable bonds is 2. The second-order valence-corrected chi connectivity index (χ2v) is 4.74. The van der Waals surface area contributed by atoms with Crippen LogP contribution in [0.2, 0.25) is 0 Å². The topological polar surface area (TPSA) is 59.3 Å². The quantitative estimate of drug-likeness (QED) is 0.748. The average Bonchev–Trinajstić information content (AvgIpc) is 2.37. The summed E-state index contributed by atoms with van der Waals surface area (Å²) in [5.74, 6) is 1.17. The first-order chi connectivity index (χ1) is 8.75. The molecule has 0 unspecified atom stereocenters. The Kier molecular flexibility index (Phi) is 2.48. The minimum absolute atomic E-state index is 0.0896. The molecule has 18 heavy (non-hydrogen) atoms. The van der Waals surface area contributed by atoms with Crippen LogP contribution < -0.4 is 9.47 Å². The van der Waals surface area contributed by atoms with Gasteiger partial charge in [0.15, 0.2) is 17.3 Å². The van der Waals surface area contributed by atoms with E-state index in [-0.39, 0.29) is 5.78 Å². The van der Waals surface area contributed by atoms with Crippen LogP contribution in [0.3, 0.4) is 0 Å². The molecule has 0 spiro atoms. The molecule has 1 aromatic carbocycles. The number of carbonyl (C=O) groups is 1. The van der Waals surface area contributed by atoms with E-state index in [9.17, 15) is 10.1 Å². The average molecular weight is 243 g/mol. The molecule has 0 radical (unpaired) electrons. The van der Waals surface area contributed by atoms with Crippen LogP contribution in [0.4, 0.5) is 0 Å². The number of carbonyl (C=O) groups excluding carboxylic acids is 1. The fraction of sp³-hybridized carbons (Fsp3) is 0.429. The van der Waals surface area contributed by atoms with E-state index in [1.54, 1.807) is 18.2 Å². The van der Waals surface area contributed by atoms with E-state index in [4.69, 9.17) is 9.47 Å². The van der Waals surface area contributed by atoms with Gasteiger partial charge in [-0.25, -0.2) is 0 Å². The maximum absolute atomic E-state index is 12.3. The molecule has 1 saturated carbocycles. The van der Waals surface area contributed by atoms with Crippen molar-refractivity contribution in [1.29, 1.82) is 5.26 Å². The first-order valence-corrected chi connectivity index (χ1v) is 6.11. The van der Waals surface area contributed by atoms with E-state index in [1.807, 2.05) is 0 Å². The number of nitriles is 1. The Bertz CT molecular complexity index is 540. The number of fused-ring (bicyclic) bond motifs is 1. The lowest BCUT2D eigenvalue weighted by Gasteiger charge is -2.33. The van der Waals surface area contributed by atoms with Crippen molar-refractivity contribution in [1.82, 2.24) is 0 Å². The molecule has 0 saturated heterocycles. The fourth-order valence-corrected chi connectivity index (χ4v) is 2.38. The van der Waals surface area contributed by atoms with Crippen LogP contribution in [0, 0.1) is 16.7 Å². The third-order valence-electron chi connectivity index (χ3n) is 3.66. The van der Waals surface area contributed by atoms with Gasteiger partial charge in [-0.3, -0.25) is 4.79 Å². The van der Waals surface area contributed by atoms with Crippen molar-refractivity contribution in [3.8, 4) is 17.6 Å². The monoisotopic (exact) mass is 243 g/mol. The molecular weight excluding hydrogens is 230 g/mol. The van der Waals surface area contributed by atoms with Gasteiger partial charge in [-0.1, -0.05) is 0 Å². The van der Waals surface area contributed by atoms with Gasteiger partial charge in [-0.15, -0.1) is 0 Å².